The van der Waals surface area contributed by atoms with E-state index < -0.39 is 0 Å². The summed E-state index contributed by atoms with van der Waals surface area (Å²) in [6.07, 6.45) is 1.85. The fourth-order valence-corrected chi connectivity index (χ4v) is 1.95. The number of methoxy groups -OCH3 is 1. The molecule has 0 bridgehead atoms. The summed E-state index contributed by atoms with van der Waals surface area (Å²) in [6, 6.07) is 5.58. The number of rotatable bonds is 4. The highest BCUT2D eigenvalue weighted by Crippen LogP contribution is 2.31. The fourth-order valence-electron chi connectivity index (χ4n) is 0.912. The van der Waals surface area contributed by atoms with Crippen molar-refractivity contribution in [2.45, 2.75) is 4.90 Å². The first-order valence-electron chi connectivity index (χ1n) is 3.85. The van der Waals surface area contributed by atoms with Crippen LogP contribution in [0.25, 0.3) is 0 Å². The minimum absolute atomic E-state index is 0.729. The first-order chi connectivity index (χ1) is 6.27. The van der Waals surface area contributed by atoms with Crippen LogP contribution in [0.4, 0.5) is 0 Å². The van der Waals surface area contributed by atoms with Gasteiger partial charge in [-0.1, -0.05) is 17.7 Å². The molecule has 0 aliphatic carbocycles. The van der Waals surface area contributed by atoms with Gasteiger partial charge in [0, 0.05) is 10.8 Å². The molecule has 0 heterocycles. The lowest BCUT2D eigenvalue weighted by Crippen LogP contribution is -1.86. The molecule has 1 nitrogen and oxygen atoms in total. The summed E-state index contributed by atoms with van der Waals surface area (Å²) in [5.41, 5.74) is 0. The highest BCUT2D eigenvalue weighted by Gasteiger charge is 2.02. The normalized spacial score (nSPS) is 9.69. The van der Waals surface area contributed by atoms with Gasteiger partial charge in [-0.15, -0.1) is 18.3 Å². The van der Waals surface area contributed by atoms with Crippen molar-refractivity contribution in [1.82, 2.24) is 0 Å². The van der Waals surface area contributed by atoms with E-state index in [0.29, 0.717) is 0 Å². The van der Waals surface area contributed by atoms with Crippen LogP contribution in [0.15, 0.2) is 35.7 Å². The van der Waals surface area contributed by atoms with Gasteiger partial charge in [-0.05, 0) is 18.2 Å². The van der Waals surface area contributed by atoms with Crippen molar-refractivity contribution in [2.24, 2.45) is 0 Å². The lowest BCUT2D eigenvalue weighted by Gasteiger charge is -2.06. The van der Waals surface area contributed by atoms with Crippen LogP contribution in [0.2, 0.25) is 5.02 Å². The van der Waals surface area contributed by atoms with Crippen LogP contribution >= 0.6 is 23.4 Å². The molecule has 0 spiro atoms. The van der Waals surface area contributed by atoms with Crippen LogP contribution in [0, 0.1) is 0 Å². The number of halogens is 1. The van der Waals surface area contributed by atoms with Gasteiger partial charge in [-0.25, -0.2) is 0 Å². The molecule has 0 aliphatic rings. The van der Waals surface area contributed by atoms with Gasteiger partial charge in [-0.2, -0.15) is 0 Å². The molecule has 0 radical (unpaired) electrons. The predicted molar refractivity (Wildman–Crippen MR) is 58.9 cm³/mol. The highest BCUT2D eigenvalue weighted by molar-refractivity contribution is 7.99. The van der Waals surface area contributed by atoms with E-state index in [1.165, 1.54) is 0 Å². The monoisotopic (exact) mass is 214 g/mol. The molecule has 0 aliphatic heterocycles. The summed E-state index contributed by atoms with van der Waals surface area (Å²) in [5.74, 6) is 1.72. The van der Waals surface area contributed by atoms with E-state index in [0.717, 1.165) is 21.4 Å². The molecular formula is C10H11ClOS. The van der Waals surface area contributed by atoms with Crippen LogP contribution in [-0.4, -0.2) is 12.9 Å². The molecule has 1 rings (SSSR count). The van der Waals surface area contributed by atoms with Gasteiger partial charge in [0.25, 0.3) is 0 Å². The Morgan fingerprint density at radius 1 is 1.62 bits per heavy atom. The minimum Gasteiger partial charge on any atom is -0.496 e. The molecular weight excluding hydrogens is 204 g/mol. The Labute approximate surface area is 87.7 Å². The Hall–Kier alpha value is -0.600. The molecule has 1 aromatic rings. The predicted octanol–water partition coefficient (Wildman–Crippen LogP) is 3.63. The molecule has 0 aromatic heterocycles. The quantitative estimate of drug-likeness (QED) is 0.559. The second-order valence-corrected chi connectivity index (χ2v) is 3.89. The molecule has 0 amide bonds. The lowest BCUT2D eigenvalue weighted by molar-refractivity contribution is 0.405. The summed E-state index contributed by atoms with van der Waals surface area (Å²) < 4.78 is 5.18. The van der Waals surface area contributed by atoms with E-state index in [2.05, 4.69) is 6.58 Å². The smallest absolute Gasteiger partial charge is 0.132 e. The first kappa shape index (κ1) is 10.5. The van der Waals surface area contributed by atoms with Crippen LogP contribution in [0.1, 0.15) is 0 Å². The Morgan fingerprint density at radius 3 is 3.00 bits per heavy atom. The van der Waals surface area contributed by atoms with E-state index in [9.17, 15) is 0 Å². The van der Waals surface area contributed by atoms with Crippen molar-refractivity contribution in [3.8, 4) is 5.75 Å². The van der Waals surface area contributed by atoms with E-state index in [1.54, 1.807) is 18.9 Å². The van der Waals surface area contributed by atoms with Crippen LogP contribution < -0.4 is 4.74 Å². The van der Waals surface area contributed by atoms with Crippen LogP contribution in [0.3, 0.4) is 0 Å². The Morgan fingerprint density at radius 2 is 2.38 bits per heavy atom. The third-order valence-electron chi connectivity index (χ3n) is 1.48. The minimum atomic E-state index is 0.729. The van der Waals surface area contributed by atoms with E-state index in [1.807, 2.05) is 24.3 Å². The fraction of sp³-hybridized carbons (Fsp3) is 0.200. The molecule has 0 unspecified atom stereocenters. The summed E-state index contributed by atoms with van der Waals surface area (Å²) >= 11 is 7.52. The molecule has 1 aromatic carbocycles. The van der Waals surface area contributed by atoms with Gasteiger partial charge >= 0.3 is 0 Å². The highest BCUT2D eigenvalue weighted by atomic mass is 35.5. The first-order valence-corrected chi connectivity index (χ1v) is 5.21. The Kier molecular flexibility index (Phi) is 4.19. The second-order valence-electron chi connectivity index (χ2n) is 2.39. The molecule has 0 atom stereocenters. The van der Waals surface area contributed by atoms with Crippen molar-refractivity contribution in [2.75, 3.05) is 12.9 Å². The number of ether oxygens (including phenoxy) is 1. The average molecular weight is 215 g/mol. The van der Waals surface area contributed by atoms with Gasteiger partial charge in [0.15, 0.2) is 0 Å². The van der Waals surface area contributed by atoms with E-state index >= 15 is 0 Å². The summed E-state index contributed by atoms with van der Waals surface area (Å²) in [6.45, 7) is 3.66. The van der Waals surface area contributed by atoms with Crippen molar-refractivity contribution in [1.29, 1.82) is 0 Å². The number of thioether (sulfide) groups is 1. The maximum Gasteiger partial charge on any atom is 0.132 e. The van der Waals surface area contributed by atoms with Crippen molar-refractivity contribution in [3.05, 3.63) is 35.9 Å². The Bertz CT molecular complexity index is 299. The van der Waals surface area contributed by atoms with Gasteiger partial charge in [0.05, 0.1) is 12.0 Å². The zero-order valence-electron chi connectivity index (χ0n) is 7.42. The maximum atomic E-state index is 5.86. The average Bonchev–Trinajstić information content (AvgIpc) is 2.15. The standard InChI is InChI=1S/C10H11ClOS/c1-3-6-13-10-7-8(11)4-5-9(10)12-2/h3-5,7H,1,6H2,2H3. The molecule has 0 fully saturated rings. The summed E-state index contributed by atoms with van der Waals surface area (Å²) in [5, 5.41) is 0.729. The molecule has 0 saturated heterocycles. The number of benzene rings is 1. The van der Waals surface area contributed by atoms with Gasteiger partial charge < -0.3 is 4.74 Å². The van der Waals surface area contributed by atoms with Gasteiger partial charge in [-0.3, -0.25) is 0 Å². The van der Waals surface area contributed by atoms with Crippen LogP contribution in [-0.2, 0) is 0 Å². The van der Waals surface area contributed by atoms with E-state index in [-0.39, 0.29) is 0 Å². The summed E-state index contributed by atoms with van der Waals surface area (Å²) in [4.78, 5) is 1.05. The molecule has 70 valence electrons. The number of hydrogen-bond acceptors (Lipinski definition) is 2. The van der Waals surface area contributed by atoms with Gasteiger partial charge in [0.2, 0.25) is 0 Å². The van der Waals surface area contributed by atoms with Crippen LogP contribution in [0.5, 0.6) is 5.75 Å². The maximum absolute atomic E-state index is 5.86. The zero-order valence-corrected chi connectivity index (χ0v) is 8.99. The Balaban J connectivity index is 2.87. The molecule has 13 heavy (non-hydrogen) atoms. The molecule has 0 N–H and O–H groups in total. The zero-order chi connectivity index (χ0) is 9.68. The molecule has 3 heteroatoms. The van der Waals surface area contributed by atoms with E-state index in [4.69, 9.17) is 16.3 Å². The summed E-state index contributed by atoms with van der Waals surface area (Å²) in [7, 11) is 1.65. The largest absolute Gasteiger partial charge is 0.496 e. The van der Waals surface area contributed by atoms with Crippen molar-refractivity contribution >= 4 is 23.4 Å². The second kappa shape index (κ2) is 5.20. The van der Waals surface area contributed by atoms with Crippen molar-refractivity contribution < 1.29 is 4.74 Å². The molecule has 0 saturated carbocycles. The van der Waals surface area contributed by atoms with Crippen molar-refractivity contribution in [3.63, 3.8) is 0 Å². The van der Waals surface area contributed by atoms with Gasteiger partial charge in [0.1, 0.15) is 5.75 Å². The third-order valence-corrected chi connectivity index (χ3v) is 2.75. The third kappa shape index (κ3) is 2.98. The number of hydrogen-bond donors (Lipinski definition) is 0. The lowest BCUT2D eigenvalue weighted by atomic mass is 10.3. The topological polar surface area (TPSA) is 9.23 Å². The SMILES string of the molecule is C=CCSc1cc(Cl)ccc1OC.